The van der Waals surface area contributed by atoms with Gasteiger partial charge in [-0.1, -0.05) is 26.0 Å². The Morgan fingerprint density at radius 1 is 1.30 bits per heavy atom. The lowest BCUT2D eigenvalue weighted by molar-refractivity contribution is -0.127. The molecule has 2 atom stereocenters. The van der Waals surface area contributed by atoms with Crippen LogP contribution in [0.25, 0.3) is 0 Å². The first-order chi connectivity index (χ1) is 10.7. The van der Waals surface area contributed by atoms with Crippen LogP contribution in [0.2, 0.25) is 0 Å². The fraction of sp³-hybridized carbons (Fsp3) is 0.588. The van der Waals surface area contributed by atoms with Gasteiger partial charge in [0.15, 0.2) is 15.9 Å². The average Bonchev–Trinajstić information content (AvgIpc) is 2.79. The lowest BCUT2D eigenvalue weighted by Gasteiger charge is -2.19. The minimum absolute atomic E-state index is 0.0212. The van der Waals surface area contributed by atoms with Crippen LogP contribution in [0, 0.1) is 6.92 Å². The minimum Gasteiger partial charge on any atom is -0.481 e. The van der Waals surface area contributed by atoms with E-state index in [1.807, 2.05) is 19.1 Å². The van der Waals surface area contributed by atoms with Gasteiger partial charge in [0.05, 0.1) is 11.5 Å². The van der Waals surface area contributed by atoms with E-state index in [9.17, 15) is 13.2 Å². The van der Waals surface area contributed by atoms with E-state index in [0.29, 0.717) is 18.1 Å². The molecule has 1 heterocycles. The summed E-state index contributed by atoms with van der Waals surface area (Å²) in [7, 11) is -3.00. The van der Waals surface area contributed by atoms with Gasteiger partial charge in [-0.15, -0.1) is 0 Å². The summed E-state index contributed by atoms with van der Waals surface area (Å²) in [5.41, 5.74) is 2.12. The van der Waals surface area contributed by atoms with Crippen molar-refractivity contribution in [3.8, 4) is 5.75 Å². The van der Waals surface area contributed by atoms with Crippen molar-refractivity contribution in [3.05, 3.63) is 29.3 Å². The highest BCUT2D eigenvalue weighted by molar-refractivity contribution is 7.91. The smallest absolute Gasteiger partial charge is 0.261 e. The van der Waals surface area contributed by atoms with Crippen LogP contribution in [0.4, 0.5) is 0 Å². The largest absolute Gasteiger partial charge is 0.481 e. The Morgan fingerprint density at radius 2 is 2.00 bits per heavy atom. The third-order valence-corrected chi connectivity index (χ3v) is 5.90. The van der Waals surface area contributed by atoms with Gasteiger partial charge in [0.1, 0.15) is 5.75 Å². The van der Waals surface area contributed by atoms with Crippen LogP contribution in [-0.4, -0.2) is 38.0 Å². The SMILES string of the molecule is Cc1ccc(C(C)C)cc1OC(C)C(=O)NC1CCS(=O)(=O)C1. The van der Waals surface area contributed by atoms with Crippen LogP contribution in [0.3, 0.4) is 0 Å². The van der Waals surface area contributed by atoms with Crippen LogP contribution in [0.15, 0.2) is 18.2 Å². The molecule has 0 bridgehead atoms. The Bertz CT molecular complexity index is 682. The summed E-state index contributed by atoms with van der Waals surface area (Å²) < 4.78 is 28.7. The summed E-state index contributed by atoms with van der Waals surface area (Å²) in [4.78, 5) is 12.2. The lowest BCUT2D eigenvalue weighted by Crippen LogP contribution is -2.43. The molecule has 2 rings (SSSR count). The van der Waals surface area contributed by atoms with Gasteiger partial charge in [-0.05, 0) is 43.4 Å². The van der Waals surface area contributed by atoms with E-state index in [-0.39, 0.29) is 23.5 Å². The Balaban J connectivity index is 2.00. The zero-order valence-electron chi connectivity index (χ0n) is 14.1. The normalized spacial score (nSPS) is 21.2. The van der Waals surface area contributed by atoms with Gasteiger partial charge >= 0.3 is 0 Å². The summed E-state index contributed by atoms with van der Waals surface area (Å²) >= 11 is 0. The molecule has 1 fully saturated rings. The monoisotopic (exact) mass is 339 g/mol. The quantitative estimate of drug-likeness (QED) is 0.892. The van der Waals surface area contributed by atoms with Crippen LogP contribution < -0.4 is 10.1 Å². The number of sulfone groups is 1. The molecule has 1 saturated heterocycles. The summed E-state index contributed by atoms with van der Waals surface area (Å²) in [5.74, 6) is 0.959. The number of hydrogen-bond acceptors (Lipinski definition) is 4. The van der Waals surface area contributed by atoms with E-state index >= 15 is 0 Å². The highest BCUT2D eigenvalue weighted by Gasteiger charge is 2.30. The maximum Gasteiger partial charge on any atom is 0.261 e. The van der Waals surface area contributed by atoms with Gasteiger partial charge < -0.3 is 10.1 Å². The first-order valence-corrected chi connectivity index (χ1v) is 9.78. The second kappa shape index (κ2) is 6.91. The Kier molecular flexibility index (Phi) is 5.34. The molecule has 2 unspecified atom stereocenters. The predicted molar refractivity (Wildman–Crippen MR) is 90.6 cm³/mol. The number of aryl methyl sites for hydroxylation is 1. The van der Waals surface area contributed by atoms with E-state index in [1.165, 1.54) is 0 Å². The van der Waals surface area contributed by atoms with Crippen molar-refractivity contribution in [1.29, 1.82) is 0 Å². The van der Waals surface area contributed by atoms with Crippen molar-refractivity contribution in [2.24, 2.45) is 0 Å². The van der Waals surface area contributed by atoms with E-state index in [4.69, 9.17) is 4.74 Å². The molecule has 128 valence electrons. The standard InChI is InChI=1S/C17H25NO4S/c1-11(2)14-6-5-12(3)16(9-14)22-13(4)17(19)18-15-7-8-23(20,21)10-15/h5-6,9,11,13,15H,7-8,10H2,1-4H3,(H,18,19). The number of benzene rings is 1. The number of amides is 1. The van der Waals surface area contributed by atoms with Crippen molar-refractivity contribution in [3.63, 3.8) is 0 Å². The molecule has 5 nitrogen and oxygen atoms in total. The highest BCUT2D eigenvalue weighted by Crippen LogP contribution is 2.25. The molecule has 1 aliphatic heterocycles. The molecule has 0 aliphatic carbocycles. The average molecular weight is 339 g/mol. The summed E-state index contributed by atoms with van der Waals surface area (Å²) in [5, 5.41) is 2.77. The summed E-state index contributed by atoms with van der Waals surface area (Å²) in [6.07, 6.45) is -0.192. The molecule has 1 N–H and O–H groups in total. The second-order valence-corrected chi connectivity index (χ2v) is 8.78. The predicted octanol–water partition coefficient (Wildman–Crippen LogP) is 2.19. The van der Waals surface area contributed by atoms with Gasteiger partial charge in [0, 0.05) is 6.04 Å². The van der Waals surface area contributed by atoms with Crippen LogP contribution >= 0.6 is 0 Å². The first-order valence-electron chi connectivity index (χ1n) is 7.96. The molecule has 23 heavy (non-hydrogen) atoms. The highest BCUT2D eigenvalue weighted by atomic mass is 32.2. The van der Waals surface area contributed by atoms with Crippen molar-refractivity contribution in [1.82, 2.24) is 5.32 Å². The molecular formula is C17H25NO4S. The van der Waals surface area contributed by atoms with E-state index in [0.717, 1.165) is 11.1 Å². The van der Waals surface area contributed by atoms with Crippen molar-refractivity contribution < 1.29 is 17.9 Å². The molecule has 0 radical (unpaired) electrons. The molecule has 0 aromatic heterocycles. The van der Waals surface area contributed by atoms with Gasteiger partial charge in [0.2, 0.25) is 0 Å². The molecular weight excluding hydrogens is 314 g/mol. The molecule has 1 amide bonds. The molecule has 1 aromatic carbocycles. The third-order valence-electron chi connectivity index (χ3n) is 4.13. The van der Waals surface area contributed by atoms with Gasteiger partial charge in [-0.2, -0.15) is 0 Å². The number of nitrogens with one attached hydrogen (secondary N) is 1. The van der Waals surface area contributed by atoms with Gasteiger partial charge in [-0.25, -0.2) is 8.42 Å². The Hall–Kier alpha value is -1.56. The Labute approximate surface area is 138 Å². The number of carbonyl (C=O) groups is 1. The maximum atomic E-state index is 12.2. The van der Waals surface area contributed by atoms with Crippen molar-refractivity contribution >= 4 is 15.7 Å². The number of ether oxygens (including phenoxy) is 1. The first kappa shape index (κ1) is 17.8. The molecule has 0 saturated carbocycles. The van der Waals surface area contributed by atoms with Gasteiger partial charge in [0.25, 0.3) is 5.91 Å². The van der Waals surface area contributed by atoms with Gasteiger partial charge in [-0.3, -0.25) is 4.79 Å². The molecule has 1 aromatic rings. The summed E-state index contributed by atoms with van der Waals surface area (Å²) in [6.45, 7) is 7.82. The lowest BCUT2D eigenvalue weighted by atomic mass is 10.0. The fourth-order valence-electron chi connectivity index (χ4n) is 2.57. The number of hydrogen-bond donors (Lipinski definition) is 1. The number of carbonyl (C=O) groups excluding carboxylic acids is 1. The third kappa shape index (κ3) is 4.70. The zero-order chi connectivity index (χ0) is 17.2. The van der Waals surface area contributed by atoms with E-state index in [1.54, 1.807) is 6.92 Å². The van der Waals surface area contributed by atoms with Crippen LogP contribution in [0.5, 0.6) is 5.75 Å². The summed E-state index contributed by atoms with van der Waals surface area (Å²) in [6, 6.07) is 5.70. The van der Waals surface area contributed by atoms with E-state index in [2.05, 4.69) is 25.2 Å². The number of rotatable bonds is 5. The Morgan fingerprint density at radius 3 is 2.57 bits per heavy atom. The molecule has 6 heteroatoms. The fourth-order valence-corrected chi connectivity index (χ4v) is 4.25. The zero-order valence-corrected chi connectivity index (χ0v) is 14.9. The van der Waals surface area contributed by atoms with E-state index < -0.39 is 15.9 Å². The maximum absolute atomic E-state index is 12.2. The minimum atomic E-state index is -3.00. The molecule has 0 spiro atoms. The second-order valence-electron chi connectivity index (χ2n) is 6.55. The molecule has 1 aliphatic rings. The van der Waals surface area contributed by atoms with Crippen molar-refractivity contribution in [2.45, 2.75) is 52.2 Å². The van der Waals surface area contributed by atoms with Crippen LogP contribution in [-0.2, 0) is 14.6 Å². The van der Waals surface area contributed by atoms with Crippen LogP contribution in [0.1, 0.15) is 44.2 Å². The topological polar surface area (TPSA) is 72.5 Å². The van der Waals surface area contributed by atoms with Crippen molar-refractivity contribution in [2.75, 3.05) is 11.5 Å².